The minimum absolute atomic E-state index is 0.547. The third-order valence-corrected chi connectivity index (χ3v) is 5.16. The zero-order valence-corrected chi connectivity index (χ0v) is 12.3. The van der Waals surface area contributed by atoms with Gasteiger partial charge in [-0.1, -0.05) is 25.7 Å². The summed E-state index contributed by atoms with van der Waals surface area (Å²) in [4.78, 5) is 5.25. The predicted octanol–water partition coefficient (Wildman–Crippen LogP) is 2.06. The van der Waals surface area contributed by atoms with Crippen molar-refractivity contribution in [2.75, 3.05) is 26.7 Å². The number of hydrogen-bond acceptors (Lipinski definition) is 3. The summed E-state index contributed by atoms with van der Waals surface area (Å²) in [6.07, 6.45) is 9.87. The van der Waals surface area contributed by atoms with E-state index in [1.165, 1.54) is 58.0 Å². The van der Waals surface area contributed by atoms with Gasteiger partial charge in [0, 0.05) is 31.2 Å². The van der Waals surface area contributed by atoms with Gasteiger partial charge in [0.15, 0.2) is 0 Å². The van der Waals surface area contributed by atoms with Gasteiger partial charge in [0.1, 0.15) is 0 Å². The first kappa shape index (κ1) is 14.3. The lowest BCUT2D eigenvalue weighted by atomic mass is 10.1. The molecule has 2 unspecified atom stereocenters. The van der Waals surface area contributed by atoms with Gasteiger partial charge >= 0.3 is 0 Å². The molecule has 2 rings (SSSR count). The fraction of sp³-hybridized carbons (Fsp3) is 1.00. The smallest absolute Gasteiger partial charge is 0.0345 e. The van der Waals surface area contributed by atoms with Gasteiger partial charge in [-0.15, -0.1) is 0 Å². The van der Waals surface area contributed by atoms with Crippen LogP contribution in [0.2, 0.25) is 0 Å². The Labute approximate surface area is 113 Å². The monoisotopic (exact) mass is 253 g/mol. The zero-order valence-electron chi connectivity index (χ0n) is 12.3. The first-order valence-electron chi connectivity index (χ1n) is 7.88. The summed E-state index contributed by atoms with van der Waals surface area (Å²) in [7, 11) is 2.25. The minimum atomic E-state index is 0.547. The van der Waals surface area contributed by atoms with E-state index in [1.54, 1.807) is 0 Å². The maximum Gasteiger partial charge on any atom is 0.0345 e. The average Bonchev–Trinajstić information content (AvgIpc) is 2.72. The lowest BCUT2D eigenvalue weighted by Crippen LogP contribution is -2.48. The van der Waals surface area contributed by atoms with Gasteiger partial charge in [-0.25, -0.2) is 0 Å². The molecule has 0 aromatic rings. The highest BCUT2D eigenvalue weighted by Gasteiger charge is 2.29. The molecule has 1 aliphatic heterocycles. The zero-order chi connectivity index (χ0) is 13.0. The van der Waals surface area contributed by atoms with Crippen molar-refractivity contribution in [3.05, 3.63) is 0 Å². The van der Waals surface area contributed by atoms with Gasteiger partial charge in [0.25, 0.3) is 0 Å². The van der Waals surface area contributed by atoms with E-state index in [2.05, 4.69) is 23.8 Å². The van der Waals surface area contributed by atoms with Crippen molar-refractivity contribution in [2.24, 2.45) is 5.73 Å². The van der Waals surface area contributed by atoms with Crippen LogP contribution in [0.25, 0.3) is 0 Å². The summed E-state index contributed by atoms with van der Waals surface area (Å²) in [5, 5.41) is 0. The maximum absolute atomic E-state index is 5.98. The van der Waals surface area contributed by atoms with E-state index < -0.39 is 0 Å². The average molecular weight is 253 g/mol. The van der Waals surface area contributed by atoms with Crippen molar-refractivity contribution < 1.29 is 0 Å². The number of rotatable bonds is 2. The summed E-state index contributed by atoms with van der Waals surface area (Å²) in [6.45, 7) is 5.60. The van der Waals surface area contributed by atoms with Crippen LogP contribution in [0.15, 0.2) is 0 Å². The van der Waals surface area contributed by atoms with E-state index in [4.69, 9.17) is 5.73 Å². The normalized spacial score (nSPS) is 34.2. The Kier molecular flexibility index (Phi) is 5.46. The van der Waals surface area contributed by atoms with Crippen LogP contribution in [0.3, 0.4) is 0 Å². The van der Waals surface area contributed by atoms with Crippen LogP contribution in [0.4, 0.5) is 0 Å². The lowest BCUT2D eigenvalue weighted by molar-refractivity contribution is 0.147. The van der Waals surface area contributed by atoms with Crippen LogP contribution in [0.1, 0.15) is 51.9 Å². The molecule has 0 radical (unpaired) electrons. The second kappa shape index (κ2) is 6.88. The summed E-state index contributed by atoms with van der Waals surface area (Å²) >= 11 is 0. The molecule has 2 aliphatic rings. The van der Waals surface area contributed by atoms with Crippen molar-refractivity contribution in [3.8, 4) is 0 Å². The predicted molar refractivity (Wildman–Crippen MR) is 77.7 cm³/mol. The van der Waals surface area contributed by atoms with Gasteiger partial charge < -0.3 is 5.73 Å². The molecule has 1 aliphatic carbocycles. The standard InChI is InChI=1S/C15H31N3/c1-13-9-10-18(12-15(11-16)17(13)2)14-7-5-3-4-6-8-14/h13-15H,3-12,16H2,1-2H3. The topological polar surface area (TPSA) is 32.5 Å². The third kappa shape index (κ3) is 3.46. The van der Waals surface area contributed by atoms with Crippen molar-refractivity contribution in [3.63, 3.8) is 0 Å². The molecule has 0 aromatic heterocycles. The highest BCUT2D eigenvalue weighted by atomic mass is 15.3. The number of likely N-dealkylation sites (N-methyl/N-ethyl adjacent to an activating group) is 1. The molecule has 1 heterocycles. The molecule has 1 saturated heterocycles. The maximum atomic E-state index is 5.98. The summed E-state index contributed by atoms with van der Waals surface area (Å²) in [6, 6.07) is 2.06. The number of nitrogens with zero attached hydrogens (tertiary/aromatic N) is 2. The molecule has 3 heteroatoms. The number of nitrogens with two attached hydrogens (primary N) is 1. The van der Waals surface area contributed by atoms with E-state index in [-0.39, 0.29) is 0 Å². The van der Waals surface area contributed by atoms with Crippen LogP contribution in [-0.4, -0.2) is 54.6 Å². The Balaban J connectivity index is 1.98. The molecule has 0 aromatic carbocycles. The van der Waals surface area contributed by atoms with E-state index in [0.717, 1.165) is 12.6 Å². The van der Waals surface area contributed by atoms with Crippen LogP contribution < -0.4 is 5.73 Å². The van der Waals surface area contributed by atoms with Gasteiger partial charge in [-0.2, -0.15) is 0 Å². The Morgan fingerprint density at radius 1 is 1.06 bits per heavy atom. The van der Waals surface area contributed by atoms with Gasteiger partial charge in [-0.05, 0) is 39.8 Å². The van der Waals surface area contributed by atoms with E-state index in [0.29, 0.717) is 12.1 Å². The second-order valence-corrected chi connectivity index (χ2v) is 6.33. The van der Waals surface area contributed by atoms with Crippen molar-refractivity contribution in [2.45, 2.75) is 70.0 Å². The largest absolute Gasteiger partial charge is 0.329 e. The lowest BCUT2D eigenvalue weighted by Gasteiger charge is -2.34. The van der Waals surface area contributed by atoms with E-state index in [9.17, 15) is 0 Å². The quantitative estimate of drug-likeness (QED) is 0.765. The van der Waals surface area contributed by atoms with Crippen LogP contribution in [-0.2, 0) is 0 Å². The molecule has 18 heavy (non-hydrogen) atoms. The van der Waals surface area contributed by atoms with Gasteiger partial charge in [-0.3, -0.25) is 9.80 Å². The molecule has 0 spiro atoms. The van der Waals surface area contributed by atoms with Crippen molar-refractivity contribution in [1.82, 2.24) is 9.80 Å². The Morgan fingerprint density at radius 3 is 2.33 bits per heavy atom. The highest BCUT2D eigenvalue weighted by Crippen LogP contribution is 2.24. The second-order valence-electron chi connectivity index (χ2n) is 6.33. The van der Waals surface area contributed by atoms with Crippen molar-refractivity contribution in [1.29, 1.82) is 0 Å². The molecule has 3 nitrogen and oxygen atoms in total. The van der Waals surface area contributed by atoms with Crippen LogP contribution in [0, 0.1) is 0 Å². The van der Waals surface area contributed by atoms with E-state index in [1.807, 2.05) is 0 Å². The van der Waals surface area contributed by atoms with Crippen LogP contribution >= 0.6 is 0 Å². The van der Waals surface area contributed by atoms with E-state index >= 15 is 0 Å². The first-order chi connectivity index (χ1) is 8.72. The molecular weight excluding hydrogens is 222 g/mol. The number of hydrogen-bond donors (Lipinski definition) is 1. The molecule has 2 fully saturated rings. The first-order valence-corrected chi connectivity index (χ1v) is 7.88. The van der Waals surface area contributed by atoms with Crippen LogP contribution in [0.5, 0.6) is 0 Å². The summed E-state index contributed by atoms with van der Waals surface area (Å²) < 4.78 is 0. The minimum Gasteiger partial charge on any atom is -0.329 e. The Bertz CT molecular complexity index is 236. The molecule has 0 bridgehead atoms. The molecule has 0 amide bonds. The molecule has 106 valence electrons. The SMILES string of the molecule is CC1CCN(C2CCCCCC2)CC(CN)N1C. The Hall–Kier alpha value is -0.120. The fourth-order valence-corrected chi connectivity index (χ4v) is 3.60. The Morgan fingerprint density at radius 2 is 1.72 bits per heavy atom. The van der Waals surface area contributed by atoms with Gasteiger partial charge in [0.2, 0.25) is 0 Å². The summed E-state index contributed by atoms with van der Waals surface area (Å²) in [5.41, 5.74) is 5.98. The molecular formula is C15H31N3. The van der Waals surface area contributed by atoms with Crippen molar-refractivity contribution >= 4 is 0 Å². The third-order valence-electron chi connectivity index (χ3n) is 5.16. The molecule has 1 saturated carbocycles. The van der Waals surface area contributed by atoms with Gasteiger partial charge in [0.05, 0.1) is 0 Å². The molecule has 2 atom stereocenters. The fourth-order valence-electron chi connectivity index (χ4n) is 3.60. The summed E-state index contributed by atoms with van der Waals surface area (Å²) in [5.74, 6) is 0. The molecule has 2 N–H and O–H groups in total. The highest BCUT2D eigenvalue weighted by molar-refractivity contribution is 4.86.